The molecule has 42 heavy (non-hydrogen) atoms. The van der Waals surface area contributed by atoms with Crippen LogP contribution < -0.4 is 19.3 Å². The molecule has 0 aliphatic carbocycles. The Morgan fingerprint density at radius 3 is 1.83 bits per heavy atom. The summed E-state index contributed by atoms with van der Waals surface area (Å²) < 4.78 is 12.9. The average molecular weight is 626 g/mol. The van der Waals surface area contributed by atoms with Gasteiger partial charge in [0.25, 0.3) is 11.8 Å². The number of carbonyl (C=O) groups excluding carboxylic acids is 3. The summed E-state index contributed by atoms with van der Waals surface area (Å²) in [5.74, 6) is -0.390. The van der Waals surface area contributed by atoms with Crippen LogP contribution in [0.25, 0.3) is 6.08 Å². The molecule has 1 heterocycles. The first-order chi connectivity index (χ1) is 20.3. The fraction of sp³-hybridized carbons (Fsp3) is 0.147. The van der Waals surface area contributed by atoms with Gasteiger partial charge in [-0.3, -0.25) is 9.59 Å². The van der Waals surface area contributed by atoms with E-state index in [4.69, 9.17) is 9.47 Å². The summed E-state index contributed by atoms with van der Waals surface area (Å²) in [6.45, 7) is 6.22. The van der Waals surface area contributed by atoms with Crippen LogP contribution in [0.3, 0.4) is 0 Å². The van der Waals surface area contributed by atoms with Crippen molar-refractivity contribution in [2.24, 2.45) is 0 Å². The van der Waals surface area contributed by atoms with Crippen molar-refractivity contribution in [3.63, 3.8) is 0 Å². The Hall–Kier alpha value is -4.69. The molecule has 5 rings (SSSR count). The van der Waals surface area contributed by atoms with Gasteiger partial charge in [-0.25, -0.2) is 14.6 Å². The Morgan fingerprint density at radius 1 is 0.714 bits per heavy atom. The number of imide groups is 2. The van der Waals surface area contributed by atoms with E-state index in [2.05, 4.69) is 15.9 Å². The third kappa shape index (κ3) is 5.85. The molecule has 1 saturated heterocycles. The summed E-state index contributed by atoms with van der Waals surface area (Å²) in [5, 5.41) is 0. The van der Waals surface area contributed by atoms with Gasteiger partial charge in [-0.15, -0.1) is 0 Å². The standard InChI is InChI=1S/C34H29BrN2O5/c1-4-41-31-20-25(15-18-30(31)42-21-24-13-16-26(35)17-14-24)19-27-32(38)36(28-11-7-5-9-22(28)2)34(40)37(33(27)39)29-12-8-6-10-23(29)3/h5-20H,4,21H2,1-3H3. The molecule has 0 N–H and O–H groups in total. The van der Waals surface area contributed by atoms with E-state index in [0.717, 1.165) is 31.0 Å². The largest absolute Gasteiger partial charge is 0.490 e. The van der Waals surface area contributed by atoms with Crippen LogP contribution in [0.15, 0.2) is 101 Å². The van der Waals surface area contributed by atoms with Gasteiger partial charge < -0.3 is 9.47 Å². The smallest absolute Gasteiger partial charge is 0.343 e. The Kier molecular flexibility index (Phi) is 8.54. The lowest BCUT2D eigenvalue weighted by molar-refractivity contribution is -0.121. The number of benzene rings is 4. The van der Waals surface area contributed by atoms with Crippen molar-refractivity contribution in [1.29, 1.82) is 0 Å². The van der Waals surface area contributed by atoms with Gasteiger partial charge in [-0.1, -0.05) is 70.5 Å². The molecule has 4 amide bonds. The van der Waals surface area contributed by atoms with Gasteiger partial charge in [0.1, 0.15) is 12.2 Å². The summed E-state index contributed by atoms with van der Waals surface area (Å²) in [6.07, 6.45) is 1.49. The first kappa shape index (κ1) is 28.8. The van der Waals surface area contributed by atoms with E-state index in [0.29, 0.717) is 41.7 Å². The van der Waals surface area contributed by atoms with E-state index < -0.39 is 17.8 Å². The quantitative estimate of drug-likeness (QED) is 0.149. The summed E-state index contributed by atoms with van der Waals surface area (Å²) in [7, 11) is 0. The number of hydrogen-bond donors (Lipinski definition) is 0. The number of urea groups is 1. The number of barbiturate groups is 1. The Bertz CT molecular complexity index is 1630. The first-order valence-corrected chi connectivity index (χ1v) is 14.3. The minimum atomic E-state index is -0.725. The molecule has 0 bridgehead atoms. The molecule has 0 atom stereocenters. The first-order valence-electron chi connectivity index (χ1n) is 13.5. The molecule has 0 unspecified atom stereocenters. The van der Waals surface area contributed by atoms with Crippen LogP contribution in [0.5, 0.6) is 11.5 Å². The zero-order valence-corrected chi connectivity index (χ0v) is 25.1. The average Bonchev–Trinajstić information content (AvgIpc) is 2.98. The SMILES string of the molecule is CCOc1cc(C=C2C(=O)N(c3ccccc3C)C(=O)N(c3ccccc3C)C2=O)ccc1OCc1ccc(Br)cc1. The number of para-hydroxylation sites is 2. The molecule has 8 heteroatoms. The van der Waals surface area contributed by atoms with Gasteiger partial charge in [0.05, 0.1) is 18.0 Å². The van der Waals surface area contributed by atoms with Crippen LogP contribution in [0.4, 0.5) is 16.2 Å². The molecule has 1 aliphatic heterocycles. The van der Waals surface area contributed by atoms with Crippen LogP contribution >= 0.6 is 15.9 Å². The van der Waals surface area contributed by atoms with E-state index in [-0.39, 0.29) is 5.57 Å². The summed E-state index contributed by atoms with van der Waals surface area (Å²) in [5.41, 5.74) is 3.67. The van der Waals surface area contributed by atoms with Crippen molar-refractivity contribution in [2.75, 3.05) is 16.4 Å². The number of nitrogens with zero attached hydrogens (tertiary/aromatic N) is 2. The van der Waals surface area contributed by atoms with Crippen LogP contribution in [0, 0.1) is 13.8 Å². The van der Waals surface area contributed by atoms with Gasteiger partial charge in [0.15, 0.2) is 11.5 Å². The maximum atomic E-state index is 13.9. The van der Waals surface area contributed by atoms with Gasteiger partial charge >= 0.3 is 6.03 Å². The van der Waals surface area contributed by atoms with E-state index in [1.54, 1.807) is 42.5 Å². The number of ether oxygens (including phenoxy) is 2. The van der Waals surface area contributed by atoms with Crippen LogP contribution in [-0.2, 0) is 16.2 Å². The van der Waals surface area contributed by atoms with Crippen molar-refractivity contribution in [3.8, 4) is 11.5 Å². The molecule has 1 aliphatic rings. The van der Waals surface area contributed by atoms with E-state index in [9.17, 15) is 14.4 Å². The highest BCUT2D eigenvalue weighted by atomic mass is 79.9. The highest BCUT2D eigenvalue weighted by Gasteiger charge is 2.44. The van der Waals surface area contributed by atoms with Crippen LogP contribution in [0.2, 0.25) is 0 Å². The molecule has 0 radical (unpaired) electrons. The normalized spacial score (nSPS) is 13.4. The van der Waals surface area contributed by atoms with Gasteiger partial charge in [0.2, 0.25) is 0 Å². The molecule has 4 aromatic carbocycles. The topological polar surface area (TPSA) is 76.2 Å². The molecule has 0 aromatic heterocycles. The Labute approximate surface area is 253 Å². The van der Waals surface area contributed by atoms with Crippen molar-refractivity contribution in [1.82, 2.24) is 0 Å². The lowest BCUT2D eigenvalue weighted by Gasteiger charge is -2.35. The number of anilines is 2. The lowest BCUT2D eigenvalue weighted by Crippen LogP contribution is -2.57. The summed E-state index contributed by atoms with van der Waals surface area (Å²) >= 11 is 3.44. The van der Waals surface area contributed by atoms with Crippen LogP contribution in [0.1, 0.15) is 29.2 Å². The highest BCUT2D eigenvalue weighted by molar-refractivity contribution is 9.10. The number of aryl methyl sites for hydroxylation is 2. The minimum Gasteiger partial charge on any atom is -0.490 e. The number of carbonyl (C=O) groups is 3. The molecule has 4 aromatic rings. The number of amides is 4. The van der Waals surface area contributed by atoms with E-state index >= 15 is 0 Å². The van der Waals surface area contributed by atoms with Gasteiger partial charge in [-0.2, -0.15) is 0 Å². The number of hydrogen-bond acceptors (Lipinski definition) is 5. The zero-order valence-electron chi connectivity index (χ0n) is 23.5. The molecule has 1 fully saturated rings. The second-order valence-electron chi connectivity index (χ2n) is 9.75. The van der Waals surface area contributed by atoms with Crippen molar-refractivity contribution in [2.45, 2.75) is 27.4 Å². The van der Waals surface area contributed by atoms with Crippen molar-refractivity contribution < 1.29 is 23.9 Å². The second kappa shape index (κ2) is 12.4. The third-order valence-electron chi connectivity index (χ3n) is 6.85. The van der Waals surface area contributed by atoms with Gasteiger partial charge in [-0.05, 0) is 85.5 Å². The molecule has 212 valence electrons. The van der Waals surface area contributed by atoms with Crippen molar-refractivity contribution in [3.05, 3.63) is 123 Å². The Balaban J connectivity index is 1.55. The predicted octanol–water partition coefficient (Wildman–Crippen LogP) is 7.63. The maximum Gasteiger partial charge on any atom is 0.343 e. The summed E-state index contributed by atoms with van der Waals surface area (Å²) in [6, 6.07) is 26.5. The third-order valence-corrected chi connectivity index (χ3v) is 7.38. The minimum absolute atomic E-state index is 0.146. The summed E-state index contributed by atoms with van der Waals surface area (Å²) in [4.78, 5) is 43.6. The Morgan fingerprint density at radius 2 is 1.29 bits per heavy atom. The monoisotopic (exact) mass is 624 g/mol. The molecular weight excluding hydrogens is 596 g/mol. The second-order valence-corrected chi connectivity index (χ2v) is 10.7. The lowest BCUT2D eigenvalue weighted by atomic mass is 10.0. The molecule has 7 nitrogen and oxygen atoms in total. The number of rotatable bonds is 8. The molecule has 0 saturated carbocycles. The van der Waals surface area contributed by atoms with Crippen LogP contribution in [-0.4, -0.2) is 24.5 Å². The molecule has 0 spiro atoms. The van der Waals surface area contributed by atoms with E-state index in [1.807, 2.05) is 69.3 Å². The fourth-order valence-corrected chi connectivity index (χ4v) is 4.96. The molecular formula is C34H29BrN2O5. The fourth-order valence-electron chi connectivity index (χ4n) is 4.69. The zero-order chi connectivity index (χ0) is 29.8. The maximum absolute atomic E-state index is 13.9. The van der Waals surface area contributed by atoms with Gasteiger partial charge in [0, 0.05) is 4.47 Å². The highest BCUT2D eigenvalue weighted by Crippen LogP contribution is 2.34. The predicted molar refractivity (Wildman–Crippen MR) is 167 cm³/mol. The van der Waals surface area contributed by atoms with E-state index in [1.165, 1.54) is 6.08 Å². The van der Waals surface area contributed by atoms with Crippen molar-refractivity contribution >= 4 is 51.2 Å². The number of halogens is 1.